The summed E-state index contributed by atoms with van der Waals surface area (Å²) in [5.41, 5.74) is 3.45. The first-order chi connectivity index (χ1) is 9.57. The van der Waals surface area contributed by atoms with Crippen LogP contribution in [0.15, 0.2) is 24.3 Å². The molecule has 0 radical (unpaired) electrons. The number of rotatable bonds is 1. The van der Waals surface area contributed by atoms with E-state index < -0.39 is 0 Å². The molecule has 1 saturated carbocycles. The average molecular weight is 272 g/mol. The van der Waals surface area contributed by atoms with Crippen molar-refractivity contribution in [3.8, 4) is 0 Å². The van der Waals surface area contributed by atoms with Crippen LogP contribution in [-0.2, 0) is 6.54 Å². The molecule has 1 N–H and O–H groups in total. The van der Waals surface area contributed by atoms with Crippen molar-refractivity contribution < 1.29 is 0 Å². The molecule has 0 spiro atoms. The zero-order valence-electron chi connectivity index (χ0n) is 13.2. The molecule has 20 heavy (non-hydrogen) atoms. The summed E-state index contributed by atoms with van der Waals surface area (Å²) in [4.78, 5) is 2.69. The van der Waals surface area contributed by atoms with E-state index in [1.165, 1.54) is 30.5 Å². The molecule has 2 aliphatic rings. The largest absolute Gasteiger partial charge is 0.367 e. The highest BCUT2D eigenvalue weighted by atomic mass is 15.2. The maximum absolute atomic E-state index is 3.56. The molecular weight excluding hydrogens is 244 g/mol. The smallest absolute Gasteiger partial charge is 0.0414 e. The molecule has 0 saturated heterocycles. The number of para-hydroxylation sites is 1. The lowest BCUT2D eigenvalue weighted by molar-refractivity contribution is 0.163. The molecule has 1 aliphatic heterocycles. The molecule has 1 aromatic carbocycles. The average Bonchev–Trinajstić information content (AvgIpc) is 2.60. The summed E-state index contributed by atoms with van der Waals surface area (Å²) in [6.45, 7) is 10.6. The first kappa shape index (κ1) is 13.9. The van der Waals surface area contributed by atoms with E-state index in [4.69, 9.17) is 0 Å². The second-order valence-electron chi connectivity index (χ2n) is 7.45. The van der Waals surface area contributed by atoms with Gasteiger partial charge >= 0.3 is 0 Å². The summed E-state index contributed by atoms with van der Waals surface area (Å²) in [6.07, 6.45) is 4.04. The Kier molecular flexibility index (Phi) is 3.76. The maximum atomic E-state index is 3.56. The monoisotopic (exact) mass is 272 g/mol. The Balaban J connectivity index is 1.86. The minimum absolute atomic E-state index is 0.527. The molecule has 2 nitrogen and oxygen atoms in total. The van der Waals surface area contributed by atoms with Crippen LogP contribution in [0.3, 0.4) is 0 Å². The summed E-state index contributed by atoms with van der Waals surface area (Å²) in [5.74, 6) is 0.782. The third kappa shape index (κ3) is 2.71. The number of fused-ring (bicyclic) bond motifs is 1. The predicted octanol–water partition coefficient (Wildman–Crippen LogP) is 3.81. The summed E-state index contributed by atoms with van der Waals surface area (Å²) in [5, 5.41) is 3.56. The van der Waals surface area contributed by atoms with Crippen LogP contribution in [0.4, 0.5) is 5.69 Å². The fraction of sp³-hybridized carbons (Fsp3) is 0.667. The summed E-state index contributed by atoms with van der Waals surface area (Å²) < 4.78 is 0. The number of nitrogens with zero attached hydrogens (tertiary/aromatic N) is 1. The van der Waals surface area contributed by atoms with Gasteiger partial charge in [0, 0.05) is 31.4 Å². The van der Waals surface area contributed by atoms with Gasteiger partial charge < -0.3 is 10.2 Å². The molecule has 0 amide bonds. The van der Waals surface area contributed by atoms with E-state index in [2.05, 4.69) is 55.3 Å². The van der Waals surface area contributed by atoms with Crippen LogP contribution in [0.2, 0.25) is 0 Å². The SMILES string of the molecule is CC1CC(C)(C)CCC1N1CCNCc2ccccc21. The molecule has 0 aromatic heterocycles. The van der Waals surface area contributed by atoms with Gasteiger partial charge in [0.05, 0.1) is 0 Å². The van der Waals surface area contributed by atoms with Gasteiger partial charge in [0.25, 0.3) is 0 Å². The van der Waals surface area contributed by atoms with E-state index in [1.807, 2.05) is 0 Å². The number of hydrogen-bond donors (Lipinski definition) is 1. The zero-order valence-corrected chi connectivity index (χ0v) is 13.2. The molecule has 1 aliphatic carbocycles. The Morgan fingerprint density at radius 3 is 2.85 bits per heavy atom. The van der Waals surface area contributed by atoms with Crippen LogP contribution in [-0.4, -0.2) is 19.1 Å². The van der Waals surface area contributed by atoms with Crippen LogP contribution in [0, 0.1) is 11.3 Å². The minimum atomic E-state index is 0.527. The molecule has 1 heterocycles. The summed E-state index contributed by atoms with van der Waals surface area (Å²) in [6, 6.07) is 9.66. The third-order valence-electron chi connectivity index (χ3n) is 5.19. The van der Waals surface area contributed by atoms with Crippen molar-refractivity contribution in [2.45, 2.75) is 52.6 Å². The third-order valence-corrected chi connectivity index (χ3v) is 5.19. The topological polar surface area (TPSA) is 15.3 Å². The van der Waals surface area contributed by atoms with Crippen molar-refractivity contribution in [2.24, 2.45) is 11.3 Å². The van der Waals surface area contributed by atoms with E-state index in [-0.39, 0.29) is 0 Å². The lowest BCUT2D eigenvalue weighted by Crippen LogP contribution is -2.46. The standard InChI is InChI=1S/C18H28N2/c1-14-12-18(2,3)9-8-16(14)20-11-10-19-13-15-6-4-5-7-17(15)20/h4-7,14,16,19H,8-13H2,1-3H3. The first-order valence-corrected chi connectivity index (χ1v) is 8.12. The fourth-order valence-electron chi connectivity index (χ4n) is 4.22. The quantitative estimate of drug-likeness (QED) is 0.836. The summed E-state index contributed by atoms with van der Waals surface area (Å²) >= 11 is 0. The molecule has 110 valence electrons. The van der Waals surface area contributed by atoms with Crippen LogP contribution in [0.1, 0.15) is 45.6 Å². The van der Waals surface area contributed by atoms with Gasteiger partial charge in [-0.1, -0.05) is 39.0 Å². The van der Waals surface area contributed by atoms with Crippen molar-refractivity contribution >= 4 is 5.69 Å². The van der Waals surface area contributed by atoms with Gasteiger partial charge in [-0.15, -0.1) is 0 Å². The van der Waals surface area contributed by atoms with Gasteiger partial charge in [-0.3, -0.25) is 0 Å². The molecule has 1 fully saturated rings. The van der Waals surface area contributed by atoms with E-state index in [0.29, 0.717) is 11.5 Å². The molecule has 2 unspecified atom stereocenters. The number of nitrogens with one attached hydrogen (secondary N) is 1. The van der Waals surface area contributed by atoms with E-state index >= 15 is 0 Å². The van der Waals surface area contributed by atoms with Crippen LogP contribution in [0.25, 0.3) is 0 Å². The van der Waals surface area contributed by atoms with Gasteiger partial charge in [0.2, 0.25) is 0 Å². The van der Waals surface area contributed by atoms with Gasteiger partial charge in [-0.05, 0) is 42.2 Å². The van der Waals surface area contributed by atoms with E-state index in [9.17, 15) is 0 Å². The van der Waals surface area contributed by atoms with E-state index in [0.717, 1.165) is 25.6 Å². The second kappa shape index (κ2) is 5.40. The highest BCUT2D eigenvalue weighted by Crippen LogP contribution is 2.42. The van der Waals surface area contributed by atoms with Crippen LogP contribution < -0.4 is 10.2 Å². The first-order valence-electron chi connectivity index (χ1n) is 8.12. The van der Waals surface area contributed by atoms with E-state index in [1.54, 1.807) is 0 Å². The second-order valence-corrected chi connectivity index (χ2v) is 7.45. The van der Waals surface area contributed by atoms with Gasteiger partial charge in [0.1, 0.15) is 0 Å². The molecule has 3 rings (SSSR count). The van der Waals surface area contributed by atoms with Crippen molar-refractivity contribution in [3.05, 3.63) is 29.8 Å². The Morgan fingerprint density at radius 1 is 1.25 bits per heavy atom. The Morgan fingerprint density at radius 2 is 2.05 bits per heavy atom. The Hall–Kier alpha value is -1.02. The number of anilines is 1. The van der Waals surface area contributed by atoms with Crippen LogP contribution >= 0.6 is 0 Å². The van der Waals surface area contributed by atoms with Gasteiger partial charge in [0.15, 0.2) is 0 Å². The Bertz CT molecular complexity index is 466. The molecule has 1 aromatic rings. The van der Waals surface area contributed by atoms with Gasteiger partial charge in [-0.2, -0.15) is 0 Å². The maximum Gasteiger partial charge on any atom is 0.0414 e. The normalized spacial score (nSPS) is 29.6. The van der Waals surface area contributed by atoms with Crippen molar-refractivity contribution in [1.82, 2.24) is 5.32 Å². The molecule has 2 atom stereocenters. The van der Waals surface area contributed by atoms with Crippen molar-refractivity contribution in [2.75, 3.05) is 18.0 Å². The molecule has 0 bridgehead atoms. The fourth-order valence-corrected chi connectivity index (χ4v) is 4.22. The number of benzene rings is 1. The van der Waals surface area contributed by atoms with Crippen molar-refractivity contribution in [1.29, 1.82) is 0 Å². The number of hydrogen-bond acceptors (Lipinski definition) is 2. The summed E-state index contributed by atoms with van der Waals surface area (Å²) in [7, 11) is 0. The van der Waals surface area contributed by atoms with Crippen molar-refractivity contribution in [3.63, 3.8) is 0 Å². The minimum Gasteiger partial charge on any atom is -0.367 e. The highest BCUT2D eigenvalue weighted by molar-refractivity contribution is 5.55. The lowest BCUT2D eigenvalue weighted by Gasteiger charge is -2.45. The Labute approximate surface area is 123 Å². The van der Waals surface area contributed by atoms with Crippen LogP contribution in [0.5, 0.6) is 0 Å². The predicted molar refractivity (Wildman–Crippen MR) is 86.1 cm³/mol. The lowest BCUT2D eigenvalue weighted by atomic mass is 9.70. The highest BCUT2D eigenvalue weighted by Gasteiger charge is 2.36. The molecule has 2 heteroatoms. The zero-order chi connectivity index (χ0) is 14.2. The van der Waals surface area contributed by atoms with Gasteiger partial charge in [-0.25, -0.2) is 0 Å². The molecular formula is C18H28N2.